The first-order valence-electron chi connectivity index (χ1n) is 5.75. The van der Waals surface area contributed by atoms with Gasteiger partial charge < -0.3 is 0 Å². The minimum Gasteiger partial charge on any atom is -0.0651 e. The summed E-state index contributed by atoms with van der Waals surface area (Å²) >= 11 is 0. The van der Waals surface area contributed by atoms with Crippen LogP contribution in [0.3, 0.4) is 0 Å². The summed E-state index contributed by atoms with van der Waals surface area (Å²) in [7, 11) is 0. The molecule has 0 heterocycles. The summed E-state index contributed by atoms with van der Waals surface area (Å²) < 4.78 is 0. The smallest absolute Gasteiger partial charge is 0.0275 e. The van der Waals surface area contributed by atoms with Crippen molar-refractivity contribution >= 4 is 0 Å². The van der Waals surface area contributed by atoms with Crippen LogP contribution in [0.5, 0.6) is 0 Å². The molecule has 72 valence electrons. The summed E-state index contributed by atoms with van der Waals surface area (Å²) in [5.74, 6) is 0.947. The van der Waals surface area contributed by atoms with Gasteiger partial charge in [0, 0.05) is 0 Å². The SMILES string of the molecule is CC[C@H](C)C1(CC)CCCCC1. The molecule has 0 saturated heterocycles. The Morgan fingerprint density at radius 3 is 2.08 bits per heavy atom. The topological polar surface area (TPSA) is 0 Å². The van der Waals surface area contributed by atoms with Gasteiger partial charge >= 0.3 is 0 Å². The van der Waals surface area contributed by atoms with Crippen LogP contribution in [0.1, 0.15) is 65.7 Å². The van der Waals surface area contributed by atoms with Crippen LogP contribution in [-0.4, -0.2) is 0 Å². The molecular weight excluding hydrogens is 144 g/mol. The Labute approximate surface area is 77.7 Å². The van der Waals surface area contributed by atoms with Gasteiger partial charge in [-0.25, -0.2) is 0 Å². The monoisotopic (exact) mass is 168 g/mol. The first-order valence-corrected chi connectivity index (χ1v) is 5.75. The highest BCUT2D eigenvalue weighted by Gasteiger charge is 2.34. The van der Waals surface area contributed by atoms with Crippen LogP contribution >= 0.6 is 0 Å². The Balaban J connectivity index is 2.59. The van der Waals surface area contributed by atoms with Gasteiger partial charge in [0.15, 0.2) is 0 Å². The summed E-state index contributed by atoms with van der Waals surface area (Å²) in [4.78, 5) is 0. The summed E-state index contributed by atoms with van der Waals surface area (Å²) in [6, 6.07) is 0. The molecule has 1 aliphatic rings. The maximum Gasteiger partial charge on any atom is -0.0275 e. The van der Waals surface area contributed by atoms with Gasteiger partial charge in [0.2, 0.25) is 0 Å². The van der Waals surface area contributed by atoms with Gasteiger partial charge in [-0.2, -0.15) is 0 Å². The van der Waals surface area contributed by atoms with E-state index in [1.165, 1.54) is 44.9 Å². The average molecular weight is 168 g/mol. The van der Waals surface area contributed by atoms with Gasteiger partial charge in [-0.05, 0) is 24.2 Å². The highest BCUT2D eigenvalue weighted by atomic mass is 14.4. The summed E-state index contributed by atoms with van der Waals surface area (Å²) in [5.41, 5.74) is 0.729. The third kappa shape index (κ3) is 1.84. The van der Waals surface area contributed by atoms with E-state index in [1.54, 1.807) is 0 Å². The largest absolute Gasteiger partial charge is 0.0651 e. The minimum absolute atomic E-state index is 0.729. The molecular formula is C12H24. The molecule has 0 amide bonds. The van der Waals surface area contributed by atoms with Gasteiger partial charge in [-0.1, -0.05) is 52.9 Å². The number of hydrogen-bond donors (Lipinski definition) is 0. The van der Waals surface area contributed by atoms with Crippen molar-refractivity contribution in [1.29, 1.82) is 0 Å². The Morgan fingerprint density at radius 2 is 1.67 bits per heavy atom. The van der Waals surface area contributed by atoms with Crippen LogP contribution in [0, 0.1) is 11.3 Å². The first-order chi connectivity index (χ1) is 5.75. The van der Waals surface area contributed by atoms with Gasteiger partial charge in [-0.15, -0.1) is 0 Å². The normalized spacial score (nSPS) is 25.2. The van der Waals surface area contributed by atoms with Crippen molar-refractivity contribution in [3.8, 4) is 0 Å². The first kappa shape index (κ1) is 10.1. The average Bonchev–Trinajstić information content (AvgIpc) is 2.17. The third-order valence-corrected chi connectivity index (χ3v) is 4.21. The van der Waals surface area contributed by atoms with Crippen molar-refractivity contribution in [2.24, 2.45) is 11.3 Å². The van der Waals surface area contributed by atoms with E-state index in [9.17, 15) is 0 Å². The van der Waals surface area contributed by atoms with E-state index in [0.29, 0.717) is 0 Å². The molecule has 1 saturated carbocycles. The second-order valence-corrected chi connectivity index (χ2v) is 4.59. The maximum atomic E-state index is 2.45. The quantitative estimate of drug-likeness (QED) is 0.586. The van der Waals surface area contributed by atoms with Crippen molar-refractivity contribution in [3.05, 3.63) is 0 Å². The van der Waals surface area contributed by atoms with Crippen LogP contribution in [0.4, 0.5) is 0 Å². The molecule has 0 aromatic heterocycles. The molecule has 0 aliphatic heterocycles. The van der Waals surface area contributed by atoms with E-state index in [0.717, 1.165) is 11.3 Å². The zero-order valence-electron chi connectivity index (χ0n) is 9.03. The second kappa shape index (κ2) is 4.30. The molecule has 0 spiro atoms. The molecule has 0 radical (unpaired) electrons. The molecule has 0 nitrogen and oxygen atoms in total. The molecule has 1 rings (SSSR count). The predicted molar refractivity (Wildman–Crippen MR) is 55.3 cm³/mol. The molecule has 0 heteroatoms. The van der Waals surface area contributed by atoms with Gasteiger partial charge in [-0.3, -0.25) is 0 Å². The van der Waals surface area contributed by atoms with Crippen molar-refractivity contribution in [1.82, 2.24) is 0 Å². The highest BCUT2D eigenvalue weighted by molar-refractivity contribution is 4.85. The Kier molecular flexibility index (Phi) is 3.61. The third-order valence-electron chi connectivity index (χ3n) is 4.21. The number of rotatable bonds is 3. The molecule has 1 atom stereocenters. The van der Waals surface area contributed by atoms with Gasteiger partial charge in [0.05, 0.1) is 0 Å². The predicted octanol–water partition coefficient (Wildman–Crippen LogP) is 4.39. The molecule has 1 fully saturated rings. The summed E-state index contributed by atoms with van der Waals surface area (Å²) in [6.45, 7) is 7.18. The van der Waals surface area contributed by atoms with Crippen LogP contribution in [0.15, 0.2) is 0 Å². The molecule has 0 aromatic rings. The molecule has 0 unspecified atom stereocenters. The fourth-order valence-electron chi connectivity index (χ4n) is 2.88. The lowest BCUT2D eigenvalue weighted by Gasteiger charge is -2.41. The van der Waals surface area contributed by atoms with Crippen LogP contribution in [-0.2, 0) is 0 Å². The summed E-state index contributed by atoms with van der Waals surface area (Å²) in [6.07, 6.45) is 10.2. The van der Waals surface area contributed by atoms with Crippen molar-refractivity contribution < 1.29 is 0 Å². The van der Waals surface area contributed by atoms with E-state index in [2.05, 4.69) is 20.8 Å². The fraction of sp³-hybridized carbons (Fsp3) is 1.00. The fourth-order valence-corrected chi connectivity index (χ4v) is 2.88. The Bertz CT molecular complexity index is 120. The lowest BCUT2D eigenvalue weighted by Crippen LogP contribution is -2.30. The lowest BCUT2D eigenvalue weighted by atomic mass is 9.64. The van der Waals surface area contributed by atoms with E-state index in [4.69, 9.17) is 0 Å². The van der Waals surface area contributed by atoms with Gasteiger partial charge in [0.1, 0.15) is 0 Å². The maximum absolute atomic E-state index is 2.45. The van der Waals surface area contributed by atoms with Crippen LogP contribution in [0.2, 0.25) is 0 Å². The minimum atomic E-state index is 0.729. The van der Waals surface area contributed by atoms with E-state index in [1.807, 2.05) is 0 Å². The molecule has 0 N–H and O–H groups in total. The van der Waals surface area contributed by atoms with Crippen molar-refractivity contribution in [2.45, 2.75) is 65.7 Å². The van der Waals surface area contributed by atoms with Gasteiger partial charge in [0.25, 0.3) is 0 Å². The molecule has 1 aliphatic carbocycles. The summed E-state index contributed by atoms with van der Waals surface area (Å²) in [5, 5.41) is 0. The van der Waals surface area contributed by atoms with Crippen LogP contribution < -0.4 is 0 Å². The van der Waals surface area contributed by atoms with Crippen molar-refractivity contribution in [3.63, 3.8) is 0 Å². The van der Waals surface area contributed by atoms with E-state index < -0.39 is 0 Å². The molecule has 0 bridgehead atoms. The second-order valence-electron chi connectivity index (χ2n) is 4.59. The lowest BCUT2D eigenvalue weighted by molar-refractivity contribution is 0.0981. The number of hydrogen-bond acceptors (Lipinski definition) is 0. The van der Waals surface area contributed by atoms with E-state index >= 15 is 0 Å². The van der Waals surface area contributed by atoms with Crippen LogP contribution in [0.25, 0.3) is 0 Å². The highest BCUT2D eigenvalue weighted by Crippen LogP contribution is 2.46. The Morgan fingerprint density at radius 1 is 1.08 bits per heavy atom. The van der Waals surface area contributed by atoms with Crippen molar-refractivity contribution in [2.75, 3.05) is 0 Å². The molecule has 0 aromatic carbocycles. The zero-order chi connectivity index (χ0) is 9.03. The standard InChI is InChI=1S/C12H24/c1-4-11(3)12(5-2)9-7-6-8-10-12/h11H,4-10H2,1-3H3/t11-/m0/s1. The zero-order valence-corrected chi connectivity index (χ0v) is 9.03. The molecule has 12 heavy (non-hydrogen) atoms. The van der Waals surface area contributed by atoms with E-state index in [-0.39, 0.29) is 0 Å². The Hall–Kier alpha value is 0.